The molecule has 4 heterocycles. The van der Waals surface area contributed by atoms with Gasteiger partial charge in [0.1, 0.15) is 0 Å². The first-order valence-electron chi connectivity index (χ1n) is 9.33. The molecule has 1 unspecified atom stereocenters. The van der Waals surface area contributed by atoms with Gasteiger partial charge in [0.15, 0.2) is 0 Å². The van der Waals surface area contributed by atoms with E-state index in [1.165, 1.54) is 0 Å². The van der Waals surface area contributed by atoms with E-state index in [2.05, 4.69) is 16.0 Å². The van der Waals surface area contributed by atoms with Gasteiger partial charge in [0.25, 0.3) is 0 Å². The van der Waals surface area contributed by atoms with E-state index in [4.69, 9.17) is 9.47 Å². The van der Waals surface area contributed by atoms with Crippen LogP contribution in [0.5, 0.6) is 0 Å². The van der Waals surface area contributed by atoms with Gasteiger partial charge in [-0.3, -0.25) is 14.7 Å². The van der Waals surface area contributed by atoms with Crippen molar-refractivity contribution in [1.29, 1.82) is 0 Å². The molecule has 0 N–H and O–H groups in total. The summed E-state index contributed by atoms with van der Waals surface area (Å²) in [5.74, 6) is 0.381. The van der Waals surface area contributed by atoms with Crippen LogP contribution in [0.2, 0.25) is 0 Å². The van der Waals surface area contributed by atoms with E-state index in [1.807, 2.05) is 23.2 Å². The molecule has 0 saturated carbocycles. The highest BCUT2D eigenvalue weighted by Gasteiger charge is 2.51. The Morgan fingerprint density at radius 2 is 1.92 bits per heavy atom. The highest BCUT2D eigenvalue weighted by atomic mass is 16.5. The molecule has 3 aliphatic rings. The number of pyridine rings is 1. The topological polar surface area (TPSA) is 54.9 Å². The lowest BCUT2D eigenvalue weighted by atomic mass is 9.71. The van der Waals surface area contributed by atoms with Crippen LogP contribution in [-0.4, -0.2) is 73.3 Å². The van der Waals surface area contributed by atoms with Crippen molar-refractivity contribution in [2.75, 3.05) is 52.6 Å². The van der Waals surface area contributed by atoms with Crippen LogP contribution in [0.3, 0.4) is 0 Å². The molecule has 1 aromatic heterocycles. The van der Waals surface area contributed by atoms with Crippen LogP contribution in [0.4, 0.5) is 0 Å². The Labute approximate surface area is 149 Å². The lowest BCUT2D eigenvalue weighted by Gasteiger charge is -2.40. The predicted molar refractivity (Wildman–Crippen MR) is 92.9 cm³/mol. The van der Waals surface area contributed by atoms with Crippen molar-refractivity contribution in [2.24, 2.45) is 11.3 Å². The Morgan fingerprint density at radius 1 is 1.16 bits per heavy atom. The normalized spacial score (nSPS) is 26.9. The summed E-state index contributed by atoms with van der Waals surface area (Å²) in [6.45, 7) is 6.91. The smallest absolute Gasteiger partial charge is 0.227 e. The number of carbonyl (C=O) groups is 1. The number of ether oxygens (including phenoxy) is 2. The molecule has 3 aliphatic heterocycles. The average molecular weight is 345 g/mol. The zero-order valence-electron chi connectivity index (χ0n) is 14.7. The number of rotatable bonds is 3. The molecule has 1 atom stereocenters. The largest absolute Gasteiger partial charge is 0.381 e. The summed E-state index contributed by atoms with van der Waals surface area (Å²) in [5.41, 5.74) is 1.13. The summed E-state index contributed by atoms with van der Waals surface area (Å²) in [6, 6.07) is 6.03. The molecule has 3 saturated heterocycles. The van der Waals surface area contributed by atoms with Gasteiger partial charge in [-0.15, -0.1) is 0 Å². The van der Waals surface area contributed by atoms with E-state index < -0.39 is 0 Å². The summed E-state index contributed by atoms with van der Waals surface area (Å²) in [6.07, 6.45) is 3.80. The second-order valence-corrected chi connectivity index (χ2v) is 7.46. The van der Waals surface area contributed by atoms with Crippen LogP contribution in [0.1, 0.15) is 18.5 Å². The molecule has 0 aromatic carbocycles. The monoisotopic (exact) mass is 345 g/mol. The number of morpholine rings is 1. The van der Waals surface area contributed by atoms with Crippen LogP contribution in [0, 0.1) is 11.3 Å². The van der Waals surface area contributed by atoms with Crippen molar-refractivity contribution in [1.82, 2.24) is 14.8 Å². The van der Waals surface area contributed by atoms with Crippen molar-refractivity contribution in [3.8, 4) is 0 Å². The van der Waals surface area contributed by atoms with Gasteiger partial charge in [-0.25, -0.2) is 0 Å². The second-order valence-electron chi connectivity index (χ2n) is 7.46. The van der Waals surface area contributed by atoms with Crippen molar-refractivity contribution in [3.63, 3.8) is 0 Å². The van der Waals surface area contributed by atoms with E-state index in [1.54, 1.807) is 0 Å². The summed E-state index contributed by atoms with van der Waals surface area (Å²) in [7, 11) is 0. The summed E-state index contributed by atoms with van der Waals surface area (Å²) >= 11 is 0. The fourth-order valence-corrected chi connectivity index (χ4v) is 4.54. The van der Waals surface area contributed by atoms with Gasteiger partial charge >= 0.3 is 0 Å². The van der Waals surface area contributed by atoms with E-state index in [0.29, 0.717) is 19.1 Å². The van der Waals surface area contributed by atoms with Gasteiger partial charge in [0.2, 0.25) is 5.91 Å². The number of aromatic nitrogens is 1. The zero-order valence-corrected chi connectivity index (χ0v) is 14.7. The quantitative estimate of drug-likeness (QED) is 0.823. The SMILES string of the molecule is O=C(C1CN(Cc2ccccn2)CC12CCOCC2)N1CCOCC1. The number of hydrogen-bond acceptors (Lipinski definition) is 5. The zero-order chi connectivity index (χ0) is 17.1. The number of likely N-dealkylation sites (tertiary alicyclic amines) is 1. The molecule has 6 heteroatoms. The standard InChI is InChI=1S/C19H27N3O3/c23-18(22-7-11-25-12-8-22)17-14-21(13-16-3-1-2-6-20-16)15-19(17)4-9-24-10-5-19/h1-3,6,17H,4-5,7-15H2. The van der Waals surface area contributed by atoms with Crippen LogP contribution in [0.15, 0.2) is 24.4 Å². The number of carbonyl (C=O) groups excluding carboxylic acids is 1. The molecule has 6 nitrogen and oxygen atoms in total. The lowest BCUT2D eigenvalue weighted by Crippen LogP contribution is -2.49. The minimum atomic E-state index is 0.0580. The number of nitrogens with zero attached hydrogens (tertiary/aromatic N) is 3. The van der Waals surface area contributed by atoms with Gasteiger partial charge in [0, 0.05) is 57.5 Å². The number of hydrogen-bond donors (Lipinski definition) is 0. The van der Waals surface area contributed by atoms with Crippen molar-refractivity contribution < 1.29 is 14.3 Å². The minimum Gasteiger partial charge on any atom is -0.381 e. The highest BCUT2D eigenvalue weighted by Crippen LogP contribution is 2.45. The first kappa shape index (κ1) is 16.9. The summed E-state index contributed by atoms with van der Waals surface area (Å²) in [5, 5.41) is 0. The van der Waals surface area contributed by atoms with E-state index in [0.717, 1.165) is 64.5 Å². The molecule has 3 fully saturated rings. The van der Waals surface area contributed by atoms with Crippen LogP contribution in [-0.2, 0) is 20.8 Å². The van der Waals surface area contributed by atoms with Gasteiger partial charge in [-0.05, 0) is 25.0 Å². The Kier molecular flexibility index (Phi) is 5.01. The predicted octanol–water partition coefficient (Wildman–Crippen LogP) is 1.17. The van der Waals surface area contributed by atoms with Gasteiger partial charge in [0.05, 0.1) is 24.8 Å². The second kappa shape index (κ2) is 7.40. The minimum absolute atomic E-state index is 0.0580. The van der Waals surface area contributed by atoms with Gasteiger partial charge in [-0.1, -0.05) is 6.07 Å². The van der Waals surface area contributed by atoms with Crippen LogP contribution < -0.4 is 0 Å². The average Bonchev–Trinajstić information content (AvgIpc) is 3.00. The Morgan fingerprint density at radius 3 is 2.64 bits per heavy atom. The third kappa shape index (κ3) is 3.57. The maximum atomic E-state index is 13.3. The van der Waals surface area contributed by atoms with Crippen molar-refractivity contribution in [3.05, 3.63) is 30.1 Å². The van der Waals surface area contributed by atoms with Gasteiger partial charge in [-0.2, -0.15) is 0 Å². The highest BCUT2D eigenvalue weighted by molar-refractivity contribution is 5.80. The van der Waals surface area contributed by atoms with Crippen molar-refractivity contribution in [2.45, 2.75) is 19.4 Å². The molecule has 4 rings (SSSR count). The molecular weight excluding hydrogens is 318 g/mol. The third-order valence-corrected chi connectivity index (χ3v) is 5.94. The molecule has 136 valence electrons. The Bertz CT molecular complexity index is 583. The molecule has 0 bridgehead atoms. The summed E-state index contributed by atoms with van der Waals surface area (Å²) < 4.78 is 11.0. The first-order chi connectivity index (χ1) is 12.3. The molecule has 1 spiro atoms. The molecule has 0 aliphatic carbocycles. The van der Waals surface area contributed by atoms with E-state index >= 15 is 0 Å². The maximum absolute atomic E-state index is 13.3. The fraction of sp³-hybridized carbons (Fsp3) is 0.684. The fourth-order valence-electron chi connectivity index (χ4n) is 4.54. The molecule has 0 radical (unpaired) electrons. The molecule has 1 aromatic rings. The lowest BCUT2D eigenvalue weighted by molar-refractivity contribution is -0.144. The molecular formula is C19H27N3O3. The Hall–Kier alpha value is -1.50. The van der Waals surface area contributed by atoms with E-state index in [9.17, 15) is 4.79 Å². The van der Waals surface area contributed by atoms with E-state index in [-0.39, 0.29) is 11.3 Å². The third-order valence-electron chi connectivity index (χ3n) is 5.94. The van der Waals surface area contributed by atoms with Crippen LogP contribution in [0.25, 0.3) is 0 Å². The summed E-state index contributed by atoms with van der Waals surface area (Å²) in [4.78, 5) is 22.1. The first-order valence-corrected chi connectivity index (χ1v) is 9.33. The van der Waals surface area contributed by atoms with Gasteiger partial charge < -0.3 is 14.4 Å². The Balaban J connectivity index is 1.51. The maximum Gasteiger partial charge on any atom is 0.227 e. The van der Waals surface area contributed by atoms with Crippen molar-refractivity contribution >= 4 is 5.91 Å². The molecule has 1 amide bonds. The number of amides is 1. The van der Waals surface area contributed by atoms with Crippen LogP contribution >= 0.6 is 0 Å². The molecule has 25 heavy (non-hydrogen) atoms.